The fourth-order valence-corrected chi connectivity index (χ4v) is 1.99. The molecule has 2 rings (SSSR count). The van der Waals surface area contributed by atoms with Crippen LogP contribution in [0.5, 0.6) is 5.88 Å². The van der Waals surface area contributed by atoms with E-state index in [2.05, 4.69) is 11.1 Å². The smallest absolute Gasteiger partial charge is 0.212 e. The SMILES string of the molecule is COc1ccc(C(=O)C(CC#N)c2ccccc2)cn1. The maximum atomic E-state index is 12.5. The van der Waals surface area contributed by atoms with E-state index >= 15 is 0 Å². The number of nitriles is 1. The van der Waals surface area contributed by atoms with E-state index in [0.29, 0.717) is 11.4 Å². The van der Waals surface area contributed by atoms with Crippen LogP contribution in [0, 0.1) is 11.3 Å². The Morgan fingerprint density at radius 2 is 2.05 bits per heavy atom. The molecule has 1 unspecified atom stereocenters. The van der Waals surface area contributed by atoms with Crippen molar-refractivity contribution in [3.05, 3.63) is 59.8 Å². The van der Waals surface area contributed by atoms with Crippen LogP contribution in [0.3, 0.4) is 0 Å². The molecule has 4 heteroatoms. The summed E-state index contributed by atoms with van der Waals surface area (Å²) in [5.74, 6) is -0.109. The second kappa shape index (κ2) is 6.48. The molecule has 0 spiro atoms. The zero-order chi connectivity index (χ0) is 14.4. The molecular weight excluding hydrogens is 252 g/mol. The van der Waals surface area contributed by atoms with Gasteiger partial charge in [-0.1, -0.05) is 30.3 Å². The summed E-state index contributed by atoms with van der Waals surface area (Å²) >= 11 is 0. The highest BCUT2D eigenvalue weighted by Crippen LogP contribution is 2.24. The predicted molar refractivity (Wildman–Crippen MR) is 74.5 cm³/mol. The molecule has 4 nitrogen and oxygen atoms in total. The number of carbonyl (C=O) groups excluding carboxylic acids is 1. The van der Waals surface area contributed by atoms with Crippen molar-refractivity contribution in [1.82, 2.24) is 4.98 Å². The van der Waals surface area contributed by atoms with Gasteiger partial charge in [0.2, 0.25) is 5.88 Å². The Hall–Kier alpha value is -2.67. The van der Waals surface area contributed by atoms with Crippen molar-refractivity contribution in [3.8, 4) is 11.9 Å². The van der Waals surface area contributed by atoms with Gasteiger partial charge >= 0.3 is 0 Å². The summed E-state index contributed by atoms with van der Waals surface area (Å²) in [4.78, 5) is 16.5. The van der Waals surface area contributed by atoms with E-state index in [4.69, 9.17) is 10.00 Å². The van der Waals surface area contributed by atoms with Crippen molar-refractivity contribution < 1.29 is 9.53 Å². The van der Waals surface area contributed by atoms with Gasteiger partial charge in [-0.15, -0.1) is 0 Å². The summed E-state index contributed by atoms with van der Waals surface area (Å²) in [6, 6.07) is 14.7. The lowest BCUT2D eigenvalue weighted by atomic mass is 9.89. The summed E-state index contributed by atoms with van der Waals surface area (Å²) in [6.45, 7) is 0. The lowest BCUT2D eigenvalue weighted by Crippen LogP contribution is -2.13. The predicted octanol–water partition coefficient (Wildman–Crippen LogP) is 2.97. The summed E-state index contributed by atoms with van der Waals surface area (Å²) in [6.07, 6.45) is 1.63. The van der Waals surface area contributed by atoms with E-state index in [0.717, 1.165) is 5.56 Å². The van der Waals surface area contributed by atoms with Crippen molar-refractivity contribution in [2.24, 2.45) is 0 Å². The molecule has 1 aromatic carbocycles. The lowest BCUT2D eigenvalue weighted by molar-refractivity contribution is 0.0960. The topological polar surface area (TPSA) is 63.0 Å². The highest BCUT2D eigenvalue weighted by Gasteiger charge is 2.22. The van der Waals surface area contributed by atoms with Crippen molar-refractivity contribution >= 4 is 5.78 Å². The van der Waals surface area contributed by atoms with Crippen LogP contribution >= 0.6 is 0 Å². The maximum Gasteiger partial charge on any atom is 0.212 e. The average molecular weight is 266 g/mol. The Labute approximate surface area is 117 Å². The molecule has 1 atom stereocenters. The molecule has 0 N–H and O–H groups in total. The van der Waals surface area contributed by atoms with Crippen LogP contribution in [0.15, 0.2) is 48.7 Å². The molecule has 2 aromatic rings. The average Bonchev–Trinajstić information content (AvgIpc) is 2.53. The number of pyridine rings is 1. The van der Waals surface area contributed by atoms with Gasteiger partial charge in [0.25, 0.3) is 0 Å². The van der Waals surface area contributed by atoms with Crippen LogP contribution in [0.2, 0.25) is 0 Å². The van der Waals surface area contributed by atoms with E-state index in [1.807, 2.05) is 30.3 Å². The van der Waals surface area contributed by atoms with E-state index < -0.39 is 5.92 Å². The van der Waals surface area contributed by atoms with E-state index in [9.17, 15) is 4.79 Å². The fraction of sp³-hybridized carbons (Fsp3) is 0.188. The molecule has 0 fully saturated rings. The van der Waals surface area contributed by atoms with Gasteiger partial charge in [0.15, 0.2) is 5.78 Å². The van der Waals surface area contributed by atoms with E-state index in [1.54, 1.807) is 12.1 Å². The number of methoxy groups -OCH3 is 1. The van der Waals surface area contributed by atoms with Crippen LogP contribution in [0.25, 0.3) is 0 Å². The highest BCUT2D eigenvalue weighted by atomic mass is 16.5. The van der Waals surface area contributed by atoms with Crippen LogP contribution in [0.4, 0.5) is 0 Å². The van der Waals surface area contributed by atoms with Gasteiger partial charge in [0.05, 0.1) is 19.1 Å². The van der Waals surface area contributed by atoms with Crippen molar-refractivity contribution in [3.63, 3.8) is 0 Å². The number of ether oxygens (including phenoxy) is 1. The maximum absolute atomic E-state index is 12.5. The number of hydrogen-bond donors (Lipinski definition) is 0. The largest absolute Gasteiger partial charge is 0.481 e. The molecule has 0 saturated carbocycles. The van der Waals surface area contributed by atoms with Crippen molar-refractivity contribution in [1.29, 1.82) is 5.26 Å². The Morgan fingerprint density at radius 1 is 1.30 bits per heavy atom. The molecule has 100 valence electrons. The third-order valence-electron chi connectivity index (χ3n) is 3.04. The number of benzene rings is 1. The standard InChI is InChI=1S/C16H14N2O2/c1-20-15-8-7-13(11-18-15)16(19)14(9-10-17)12-5-3-2-4-6-12/h2-8,11,14H,9H2,1H3. The molecule has 0 aliphatic rings. The van der Waals surface area contributed by atoms with Gasteiger partial charge in [-0.25, -0.2) is 4.98 Å². The summed E-state index contributed by atoms with van der Waals surface area (Å²) < 4.78 is 4.97. The monoisotopic (exact) mass is 266 g/mol. The van der Waals surface area contributed by atoms with E-state index in [-0.39, 0.29) is 12.2 Å². The zero-order valence-corrected chi connectivity index (χ0v) is 11.1. The molecule has 0 aliphatic carbocycles. The summed E-state index contributed by atoms with van der Waals surface area (Å²) in [5.41, 5.74) is 1.32. The number of ketones is 1. The highest BCUT2D eigenvalue weighted by molar-refractivity contribution is 6.00. The van der Waals surface area contributed by atoms with Gasteiger partial charge in [-0.05, 0) is 11.6 Å². The Kier molecular flexibility index (Phi) is 4.46. The van der Waals surface area contributed by atoms with Crippen LogP contribution in [0.1, 0.15) is 28.3 Å². The minimum Gasteiger partial charge on any atom is -0.481 e. The second-order valence-corrected chi connectivity index (χ2v) is 4.28. The van der Waals surface area contributed by atoms with Crippen LogP contribution in [-0.2, 0) is 0 Å². The molecular formula is C16H14N2O2. The quantitative estimate of drug-likeness (QED) is 0.780. The van der Waals surface area contributed by atoms with Crippen LogP contribution < -0.4 is 4.74 Å². The first-order valence-corrected chi connectivity index (χ1v) is 6.22. The van der Waals surface area contributed by atoms with Gasteiger partial charge in [-0.3, -0.25) is 4.79 Å². The third kappa shape index (κ3) is 3.01. The first-order chi connectivity index (χ1) is 9.76. The molecule has 1 aromatic heterocycles. The van der Waals surface area contributed by atoms with Crippen molar-refractivity contribution in [2.45, 2.75) is 12.3 Å². The Balaban J connectivity index is 2.29. The summed E-state index contributed by atoms with van der Waals surface area (Å²) in [7, 11) is 1.52. The number of hydrogen-bond acceptors (Lipinski definition) is 4. The number of Topliss-reactive ketones (excluding diaryl/α,β-unsaturated/α-hetero) is 1. The molecule has 0 bridgehead atoms. The number of rotatable bonds is 5. The molecule has 0 saturated heterocycles. The van der Waals surface area contributed by atoms with Gasteiger partial charge < -0.3 is 4.74 Å². The summed E-state index contributed by atoms with van der Waals surface area (Å²) in [5, 5.41) is 8.94. The number of carbonyl (C=O) groups is 1. The third-order valence-corrected chi connectivity index (χ3v) is 3.04. The van der Waals surface area contributed by atoms with E-state index in [1.165, 1.54) is 13.3 Å². The number of nitrogens with zero attached hydrogens (tertiary/aromatic N) is 2. The lowest BCUT2D eigenvalue weighted by Gasteiger charge is -2.13. The van der Waals surface area contributed by atoms with Crippen LogP contribution in [-0.4, -0.2) is 17.9 Å². The minimum absolute atomic E-state index is 0.104. The Bertz CT molecular complexity index is 615. The normalized spacial score (nSPS) is 11.4. The Morgan fingerprint density at radius 3 is 2.60 bits per heavy atom. The number of aromatic nitrogens is 1. The molecule has 0 aliphatic heterocycles. The molecule has 1 heterocycles. The van der Waals surface area contributed by atoms with Gasteiger partial charge in [0.1, 0.15) is 0 Å². The van der Waals surface area contributed by atoms with Gasteiger partial charge in [-0.2, -0.15) is 5.26 Å². The molecule has 0 amide bonds. The van der Waals surface area contributed by atoms with Crippen molar-refractivity contribution in [2.75, 3.05) is 7.11 Å². The fourth-order valence-electron chi connectivity index (χ4n) is 1.99. The first kappa shape index (κ1) is 13.8. The minimum atomic E-state index is -0.462. The first-order valence-electron chi connectivity index (χ1n) is 6.22. The molecule has 20 heavy (non-hydrogen) atoms. The zero-order valence-electron chi connectivity index (χ0n) is 11.1. The second-order valence-electron chi connectivity index (χ2n) is 4.28. The molecule has 0 radical (unpaired) electrons. The van der Waals surface area contributed by atoms with Gasteiger partial charge in [0, 0.05) is 24.2 Å².